The first-order valence-electron chi connectivity index (χ1n) is 31.2. The number of halogens is 3. The van der Waals surface area contributed by atoms with Crippen molar-refractivity contribution in [1.29, 1.82) is 0 Å². The lowest BCUT2D eigenvalue weighted by molar-refractivity contribution is -0.142. The van der Waals surface area contributed by atoms with Gasteiger partial charge in [-0.05, 0) is 98.7 Å². The maximum absolute atomic E-state index is 14.5. The second-order valence-corrected chi connectivity index (χ2v) is 24.9. The fraction of sp³-hybridized carbons (Fsp3) is 0.544. The molecule has 0 aromatic heterocycles. The number of carbonyl (C=O) groups is 7. The lowest BCUT2D eigenvalue weighted by Gasteiger charge is -2.29. The first-order valence-corrected chi connectivity index (χ1v) is 32.6. The average molecular weight is 1280 g/mol. The predicted molar refractivity (Wildman–Crippen MR) is 352 cm³/mol. The van der Waals surface area contributed by atoms with Crippen LogP contribution in [0.3, 0.4) is 0 Å². The van der Waals surface area contributed by atoms with Crippen LogP contribution >= 0.6 is 11.8 Å². The molecule has 0 aliphatic rings. The number of phenolic OH excluding ortho intramolecular Hbond substituents is 1. The number of ketones is 1. The van der Waals surface area contributed by atoms with E-state index in [1.165, 1.54) is 38.6 Å². The van der Waals surface area contributed by atoms with Crippen LogP contribution in [0.25, 0.3) is 0 Å². The van der Waals surface area contributed by atoms with Crippen LogP contribution in [0.4, 0.5) is 13.2 Å². The van der Waals surface area contributed by atoms with E-state index in [-0.39, 0.29) is 107 Å². The molecule has 0 saturated carbocycles. The van der Waals surface area contributed by atoms with Gasteiger partial charge < -0.3 is 52.5 Å². The molecule has 3 rings (SSSR count). The minimum Gasteiger partial charge on any atom is -0.508 e. The summed E-state index contributed by atoms with van der Waals surface area (Å²) in [4.78, 5) is 102. The molecule has 3 aromatic carbocycles. The topological polar surface area (TPSA) is 258 Å². The summed E-state index contributed by atoms with van der Waals surface area (Å²) < 4.78 is 40.8. The summed E-state index contributed by atoms with van der Waals surface area (Å²) in [5.74, 6) is -3.80. The molecule has 4 atom stereocenters. The first kappa shape index (κ1) is 77.4. The number of Topliss-reactive ketones (excluding diaryl/α,β-unsaturated/α-hetero) is 1. The Morgan fingerprint density at radius 2 is 1.26 bits per heavy atom. The highest BCUT2D eigenvalue weighted by molar-refractivity contribution is 7.98. The molecule has 0 fully saturated rings. The zero-order valence-electron chi connectivity index (χ0n) is 54.5. The number of benzene rings is 3. The summed E-state index contributed by atoms with van der Waals surface area (Å²) >= 11 is 1.37. The molecule has 0 aliphatic carbocycles. The summed E-state index contributed by atoms with van der Waals surface area (Å²) in [6.07, 6.45) is 4.82. The van der Waals surface area contributed by atoms with E-state index in [1.54, 1.807) is 25.3 Å². The second-order valence-electron chi connectivity index (χ2n) is 24.0. The van der Waals surface area contributed by atoms with Gasteiger partial charge in [0.05, 0.1) is 43.0 Å². The van der Waals surface area contributed by atoms with Gasteiger partial charge >= 0.3 is 6.18 Å². The lowest BCUT2D eigenvalue weighted by Crippen LogP contribution is -2.47. The number of hydrogen-bond acceptors (Lipinski definition) is 13. The SMILES string of the molecule is CC/C(=C\[C@H](C)CN(C/C(C)=C/[C@@H](C)C(=O)N(CC(=O)NCCCC(=O)N(CCN)CC(=O)N(CCN)CC(=O)CC(CSC)C(N)=O)Cc1ccc(C(F)(F)F)cc1)Cc1ccccc1)CN(CC(C)C)C(=O)[C@H](C)/C=C(\C)CNCCc1ccc(O)cc1. The smallest absolute Gasteiger partial charge is 0.416 e. The molecule has 90 heavy (non-hydrogen) atoms. The Balaban J connectivity index is 1.76. The fourth-order valence-corrected chi connectivity index (χ4v) is 11.2. The van der Waals surface area contributed by atoms with E-state index in [0.717, 1.165) is 59.4 Å². The van der Waals surface area contributed by atoms with Gasteiger partial charge in [-0.15, -0.1) is 0 Å². The highest BCUT2D eigenvalue weighted by Crippen LogP contribution is 2.29. The number of amides is 6. The van der Waals surface area contributed by atoms with Gasteiger partial charge in [-0.3, -0.25) is 38.5 Å². The van der Waals surface area contributed by atoms with E-state index in [9.17, 15) is 51.8 Å². The Hall–Kier alpha value is -6.85. The van der Waals surface area contributed by atoms with Crippen LogP contribution in [0, 0.1) is 29.6 Å². The van der Waals surface area contributed by atoms with E-state index < -0.39 is 59.7 Å². The lowest BCUT2D eigenvalue weighted by atomic mass is 10.0. The van der Waals surface area contributed by atoms with Gasteiger partial charge in [0.15, 0.2) is 5.78 Å². The zero-order chi connectivity index (χ0) is 66.9. The maximum atomic E-state index is 14.5. The molecule has 22 heteroatoms. The van der Waals surface area contributed by atoms with Crippen LogP contribution in [0.5, 0.6) is 5.75 Å². The van der Waals surface area contributed by atoms with E-state index in [2.05, 4.69) is 61.4 Å². The molecule has 6 amide bonds. The number of thioether (sulfide) groups is 1. The van der Waals surface area contributed by atoms with E-state index in [0.29, 0.717) is 50.6 Å². The third-order valence-electron chi connectivity index (χ3n) is 14.9. The van der Waals surface area contributed by atoms with Crippen molar-refractivity contribution in [3.8, 4) is 5.75 Å². The number of hydrogen-bond donors (Lipinski definition) is 6. The van der Waals surface area contributed by atoms with Crippen LogP contribution < -0.4 is 27.8 Å². The molecule has 0 bridgehead atoms. The molecule has 3 aromatic rings. The molecule has 0 heterocycles. The predicted octanol–water partition coefficient (Wildman–Crippen LogP) is 7.59. The van der Waals surface area contributed by atoms with Gasteiger partial charge in [-0.2, -0.15) is 24.9 Å². The van der Waals surface area contributed by atoms with E-state index in [1.807, 2.05) is 68.2 Å². The standard InChI is InChI=1S/C68H101F3N10O8S/c1-10-54(42-80(38-48(2)3)66(88)52(7)33-49(4)37-75-30-26-55-20-24-60(82)25-21-55)35-51(6)40-77(41-56-15-12-11-13-16-56)39-50(5)34-53(8)67(89)81(43-57-18-22-59(23-19-57)68(69,70)71)45-62(84)76-29-14-17-63(85)79(32-28-73)46-64(86)78(31-27-72)44-61(83)36-58(47-90-9)65(74)87/h11-13,15-16,18-25,33-35,48,51-53,58,75,82H,10,14,17,26-32,36-47,72-73H2,1-9H3,(H2,74,87)(H,76,84)/b49-33+,50-34+,54-35+/t51-,52+,53+,58?/m0/s1. The summed E-state index contributed by atoms with van der Waals surface area (Å²) in [6, 6.07) is 21.6. The largest absolute Gasteiger partial charge is 0.508 e. The van der Waals surface area contributed by atoms with Crippen molar-refractivity contribution >= 4 is 53.0 Å². The van der Waals surface area contributed by atoms with Crippen molar-refractivity contribution in [2.45, 2.75) is 107 Å². The molecule has 0 saturated heterocycles. The van der Waals surface area contributed by atoms with Gasteiger partial charge in [-0.1, -0.05) is 131 Å². The zero-order valence-corrected chi connectivity index (χ0v) is 55.3. The molecule has 18 nitrogen and oxygen atoms in total. The summed E-state index contributed by atoms with van der Waals surface area (Å²) in [5, 5.41) is 15.8. The molecule has 0 spiro atoms. The number of aromatic hydroxyl groups is 1. The maximum Gasteiger partial charge on any atom is 0.416 e. The van der Waals surface area contributed by atoms with Crippen molar-refractivity contribution in [3.63, 3.8) is 0 Å². The van der Waals surface area contributed by atoms with Gasteiger partial charge in [0.1, 0.15) is 5.75 Å². The Morgan fingerprint density at radius 1 is 0.667 bits per heavy atom. The van der Waals surface area contributed by atoms with Gasteiger partial charge in [0.2, 0.25) is 35.4 Å². The molecule has 0 aliphatic heterocycles. The number of carbonyl (C=O) groups excluding carboxylic acids is 7. The van der Waals surface area contributed by atoms with Gasteiger partial charge in [-0.25, -0.2) is 0 Å². The number of phenols is 1. The first-order chi connectivity index (χ1) is 42.7. The third kappa shape index (κ3) is 29.9. The number of alkyl halides is 3. The van der Waals surface area contributed by atoms with Crippen LogP contribution in [0.15, 0.2) is 114 Å². The normalized spacial score (nSPS) is 13.6. The summed E-state index contributed by atoms with van der Waals surface area (Å²) in [5.41, 5.74) is 21.9. The molecule has 0 radical (unpaired) electrons. The molecular formula is C68H101F3N10O8S. The van der Waals surface area contributed by atoms with Crippen LogP contribution in [0.1, 0.15) is 103 Å². The van der Waals surface area contributed by atoms with Crippen molar-refractivity contribution in [1.82, 2.24) is 35.1 Å². The minimum atomic E-state index is -4.58. The van der Waals surface area contributed by atoms with Crippen molar-refractivity contribution < 1.29 is 51.8 Å². The van der Waals surface area contributed by atoms with Crippen molar-refractivity contribution in [3.05, 3.63) is 136 Å². The van der Waals surface area contributed by atoms with Crippen LogP contribution in [-0.4, -0.2) is 174 Å². The third-order valence-corrected chi connectivity index (χ3v) is 15.7. The number of nitrogens with two attached hydrogens (primary N) is 3. The Bertz CT molecular complexity index is 2820. The van der Waals surface area contributed by atoms with Crippen LogP contribution in [-0.2, 0) is 59.2 Å². The summed E-state index contributed by atoms with van der Waals surface area (Å²) in [6.45, 7) is 19.2. The highest BCUT2D eigenvalue weighted by Gasteiger charge is 2.31. The van der Waals surface area contributed by atoms with Crippen molar-refractivity contribution in [2.75, 3.05) is 104 Å². The number of rotatable bonds is 42. The fourth-order valence-electron chi connectivity index (χ4n) is 10.5. The second kappa shape index (κ2) is 40.8. The number of nitrogens with zero attached hydrogens (tertiary/aromatic N) is 5. The van der Waals surface area contributed by atoms with Crippen LogP contribution in [0.2, 0.25) is 0 Å². The van der Waals surface area contributed by atoms with E-state index in [4.69, 9.17) is 17.2 Å². The number of nitrogens with one attached hydrogen (secondary N) is 2. The molecule has 1 unspecified atom stereocenters. The minimum absolute atomic E-state index is 0.0101. The average Bonchev–Trinajstić information content (AvgIpc) is 1.48. The summed E-state index contributed by atoms with van der Waals surface area (Å²) in [7, 11) is 0. The molecule has 9 N–H and O–H groups in total. The van der Waals surface area contributed by atoms with Gasteiger partial charge in [0, 0.05) is 97.1 Å². The molecule has 498 valence electrons. The highest BCUT2D eigenvalue weighted by atomic mass is 32.2. The quantitative estimate of drug-likeness (QED) is 0.0236. The Labute approximate surface area is 536 Å². The number of primary amides is 1. The van der Waals surface area contributed by atoms with Crippen molar-refractivity contribution in [2.24, 2.45) is 46.8 Å². The molecular weight excluding hydrogens is 1170 g/mol. The Morgan fingerprint density at radius 3 is 1.83 bits per heavy atom. The van der Waals surface area contributed by atoms with E-state index >= 15 is 0 Å². The van der Waals surface area contributed by atoms with Gasteiger partial charge in [0.25, 0.3) is 0 Å². The Kier molecular flexibility index (Phi) is 35.1. The monoisotopic (exact) mass is 1270 g/mol.